The molecule has 0 atom stereocenters. The van der Waals surface area contributed by atoms with Gasteiger partial charge in [0.15, 0.2) is 0 Å². The van der Waals surface area contributed by atoms with Crippen LogP contribution < -0.4 is 19.9 Å². The van der Waals surface area contributed by atoms with Gasteiger partial charge in [0.2, 0.25) is 0 Å². The second-order valence-corrected chi connectivity index (χ2v) is 9.11. The van der Waals surface area contributed by atoms with Gasteiger partial charge in [-0.25, -0.2) is 9.97 Å². The summed E-state index contributed by atoms with van der Waals surface area (Å²) in [6, 6.07) is 23.3. The van der Waals surface area contributed by atoms with Gasteiger partial charge in [-0.1, -0.05) is 35.9 Å². The van der Waals surface area contributed by atoms with Crippen molar-refractivity contribution in [3.05, 3.63) is 89.1 Å². The Bertz CT molecular complexity index is 1370. The molecule has 1 saturated heterocycles. The Morgan fingerprint density at radius 2 is 1.67 bits per heavy atom. The largest absolute Gasteiger partial charge is 0.496 e. The average molecular weight is 502 g/mol. The number of carbonyl (C=O) groups excluding carboxylic acids is 1. The fraction of sp³-hybridized carbons (Fsp3) is 0.250. The van der Waals surface area contributed by atoms with E-state index < -0.39 is 0 Å². The van der Waals surface area contributed by atoms with Gasteiger partial charge in [-0.05, 0) is 60.5 Å². The van der Waals surface area contributed by atoms with Crippen LogP contribution in [0, 0.1) is 0 Å². The van der Waals surface area contributed by atoms with Crippen molar-refractivity contribution in [2.24, 2.45) is 0 Å². The van der Waals surface area contributed by atoms with E-state index in [4.69, 9.17) is 21.3 Å². The summed E-state index contributed by atoms with van der Waals surface area (Å²) in [6.07, 6.45) is 0.679. The highest BCUT2D eigenvalue weighted by molar-refractivity contribution is 6.30. The number of para-hydroxylation sites is 1. The number of aromatic nitrogens is 2. The van der Waals surface area contributed by atoms with Gasteiger partial charge in [0.05, 0.1) is 18.1 Å². The molecule has 1 amide bonds. The zero-order valence-electron chi connectivity index (χ0n) is 20.2. The van der Waals surface area contributed by atoms with Crippen molar-refractivity contribution in [3.8, 4) is 5.75 Å². The number of hydrogen-bond donors (Lipinski definition) is 1. The summed E-state index contributed by atoms with van der Waals surface area (Å²) in [4.78, 5) is 26.6. The van der Waals surface area contributed by atoms with Gasteiger partial charge >= 0.3 is 0 Å². The predicted octanol–water partition coefficient (Wildman–Crippen LogP) is 4.59. The lowest BCUT2D eigenvalue weighted by atomic mass is 10.1. The molecule has 0 saturated carbocycles. The number of ether oxygens (including phenoxy) is 1. The maximum atomic E-state index is 12.7. The number of hydrogen-bond acceptors (Lipinski definition) is 6. The second-order valence-electron chi connectivity index (χ2n) is 8.68. The number of nitrogens with zero attached hydrogens (tertiary/aromatic N) is 4. The van der Waals surface area contributed by atoms with E-state index in [9.17, 15) is 4.79 Å². The summed E-state index contributed by atoms with van der Waals surface area (Å²) >= 11 is 6.15. The van der Waals surface area contributed by atoms with E-state index in [-0.39, 0.29) is 5.91 Å². The van der Waals surface area contributed by atoms with Crippen LogP contribution in [0.3, 0.4) is 0 Å². The SMILES string of the molecule is COc1ccccc1CCNC(=O)c1ccc2nc(N3CCN(c4cccc(Cl)c4)CC3)ccc2n1. The smallest absolute Gasteiger partial charge is 0.269 e. The summed E-state index contributed by atoms with van der Waals surface area (Å²) in [5.74, 6) is 1.54. The molecule has 3 heterocycles. The Morgan fingerprint density at radius 3 is 2.47 bits per heavy atom. The quantitative estimate of drug-likeness (QED) is 0.399. The third-order valence-electron chi connectivity index (χ3n) is 6.41. The van der Waals surface area contributed by atoms with Crippen LogP contribution in [0.5, 0.6) is 5.75 Å². The first-order valence-corrected chi connectivity index (χ1v) is 12.4. The summed E-state index contributed by atoms with van der Waals surface area (Å²) in [5.41, 5.74) is 4.06. The molecule has 0 aliphatic carbocycles. The number of piperazine rings is 1. The van der Waals surface area contributed by atoms with E-state index in [1.165, 1.54) is 0 Å². The lowest BCUT2D eigenvalue weighted by Crippen LogP contribution is -2.46. The van der Waals surface area contributed by atoms with Crippen molar-refractivity contribution in [3.63, 3.8) is 0 Å². The number of halogens is 1. The van der Waals surface area contributed by atoms with E-state index >= 15 is 0 Å². The van der Waals surface area contributed by atoms with Crippen molar-refractivity contribution >= 4 is 40.0 Å². The summed E-state index contributed by atoms with van der Waals surface area (Å²) in [6.45, 7) is 4.02. The van der Waals surface area contributed by atoms with Crippen molar-refractivity contribution in [1.29, 1.82) is 0 Å². The van der Waals surface area contributed by atoms with Crippen molar-refractivity contribution in [2.75, 3.05) is 49.6 Å². The number of anilines is 2. The zero-order chi connectivity index (χ0) is 24.9. The zero-order valence-corrected chi connectivity index (χ0v) is 20.9. The molecule has 1 fully saturated rings. The number of benzene rings is 2. The molecule has 0 spiro atoms. The van der Waals surface area contributed by atoms with E-state index in [0.29, 0.717) is 24.2 Å². The van der Waals surface area contributed by atoms with Crippen LogP contribution in [0.25, 0.3) is 11.0 Å². The van der Waals surface area contributed by atoms with E-state index in [0.717, 1.165) is 59.5 Å². The molecule has 36 heavy (non-hydrogen) atoms. The minimum atomic E-state index is -0.201. The number of rotatable bonds is 7. The van der Waals surface area contributed by atoms with Gasteiger partial charge in [-0.3, -0.25) is 4.79 Å². The molecule has 2 aromatic heterocycles. The van der Waals surface area contributed by atoms with Crippen LogP contribution in [-0.2, 0) is 6.42 Å². The first-order chi connectivity index (χ1) is 17.6. The third kappa shape index (κ3) is 5.36. The summed E-state index contributed by atoms with van der Waals surface area (Å²) in [5, 5.41) is 3.70. The van der Waals surface area contributed by atoms with E-state index in [1.54, 1.807) is 13.2 Å². The molecule has 184 valence electrons. The van der Waals surface area contributed by atoms with Gasteiger partial charge in [0.1, 0.15) is 17.3 Å². The van der Waals surface area contributed by atoms with Crippen molar-refractivity contribution < 1.29 is 9.53 Å². The standard InChI is InChI=1S/C28H28ClN5O2/c1-36-26-8-3-2-5-20(26)13-14-30-28(35)25-10-9-24-23(31-25)11-12-27(32-24)34-17-15-33(16-18-34)22-7-4-6-21(29)19-22/h2-12,19H,13-18H2,1H3,(H,30,35). The monoisotopic (exact) mass is 501 g/mol. The second kappa shape index (κ2) is 10.8. The molecule has 1 N–H and O–H groups in total. The minimum Gasteiger partial charge on any atom is -0.496 e. The fourth-order valence-corrected chi connectivity index (χ4v) is 4.66. The normalized spacial score (nSPS) is 13.6. The molecule has 2 aromatic carbocycles. The molecule has 4 aromatic rings. The number of nitrogens with one attached hydrogen (secondary N) is 1. The minimum absolute atomic E-state index is 0.201. The number of pyridine rings is 2. The maximum Gasteiger partial charge on any atom is 0.269 e. The Labute approximate surface area is 215 Å². The van der Waals surface area contributed by atoms with Crippen molar-refractivity contribution in [1.82, 2.24) is 15.3 Å². The molecule has 8 heteroatoms. The molecule has 0 unspecified atom stereocenters. The number of amides is 1. The van der Waals surface area contributed by atoms with Crippen LogP contribution in [0.15, 0.2) is 72.8 Å². The van der Waals surface area contributed by atoms with Gasteiger partial charge in [0, 0.05) is 43.4 Å². The molecule has 0 bridgehead atoms. The number of fused-ring (bicyclic) bond motifs is 1. The average Bonchev–Trinajstić information content (AvgIpc) is 2.92. The van der Waals surface area contributed by atoms with Crippen LogP contribution in [0.1, 0.15) is 16.1 Å². The highest BCUT2D eigenvalue weighted by Crippen LogP contribution is 2.23. The van der Waals surface area contributed by atoms with Gasteiger partial charge in [-0.2, -0.15) is 0 Å². The molecule has 1 aliphatic heterocycles. The van der Waals surface area contributed by atoms with Crippen molar-refractivity contribution in [2.45, 2.75) is 6.42 Å². The van der Waals surface area contributed by atoms with Crippen LogP contribution in [0.2, 0.25) is 5.02 Å². The Morgan fingerprint density at radius 1 is 0.917 bits per heavy atom. The van der Waals surface area contributed by atoms with Crippen LogP contribution >= 0.6 is 11.6 Å². The predicted molar refractivity (Wildman–Crippen MR) is 144 cm³/mol. The van der Waals surface area contributed by atoms with Gasteiger partial charge < -0.3 is 19.9 Å². The van der Waals surface area contributed by atoms with Crippen LogP contribution in [0.4, 0.5) is 11.5 Å². The Hall–Kier alpha value is -3.84. The maximum absolute atomic E-state index is 12.7. The molecule has 0 radical (unpaired) electrons. The molecular formula is C28H28ClN5O2. The van der Waals surface area contributed by atoms with E-state index in [1.807, 2.05) is 60.7 Å². The first-order valence-electron chi connectivity index (χ1n) is 12.0. The van der Waals surface area contributed by atoms with E-state index in [2.05, 4.69) is 26.2 Å². The third-order valence-corrected chi connectivity index (χ3v) is 6.64. The summed E-state index contributed by atoms with van der Waals surface area (Å²) in [7, 11) is 1.65. The van der Waals surface area contributed by atoms with Gasteiger partial charge in [0.25, 0.3) is 5.91 Å². The molecule has 7 nitrogen and oxygen atoms in total. The topological polar surface area (TPSA) is 70.6 Å². The van der Waals surface area contributed by atoms with Gasteiger partial charge in [-0.15, -0.1) is 0 Å². The highest BCUT2D eigenvalue weighted by atomic mass is 35.5. The summed E-state index contributed by atoms with van der Waals surface area (Å²) < 4.78 is 5.38. The molecule has 1 aliphatic rings. The molecular weight excluding hydrogens is 474 g/mol. The highest BCUT2D eigenvalue weighted by Gasteiger charge is 2.19. The number of carbonyl (C=O) groups is 1. The lowest BCUT2D eigenvalue weighted by Gasteiger charge is -2.36. The number of methoxy groups -OCH3 is 1. The first kappa shape index (κ1) is 23.9. The lowest BCUT2D eigenvalue weighted by molar-refractivity contribution is 0.0949. The Balaban J connectivity index is 1.20. The molecule has 5 rings (SSSR count). The fourth-order valence-electron chi connectivity index (χ4n) is 4.48. The van der Waals surface area contributed by atoms with Crippen LogP contribution in [-0.4, -0.2) is 55.7 Å². The Kier molecular flexibility index (Phi) is 7.18.